The molecule has 1 atom stereocenters. The van der Waals surface area contributed by atoms with Crippen LogP contribution in [0.15, 0.2) is 6.07 Å². The van der Waals surface area contributed by atoms with Crippen LogP contribution in [0.3, 0.4) is 0 Å². The topological polar surface area (TPSA) is 51.2 Å². The van der Waals surface area contributed by atoms with Crippen LogP contribution < -0.4 is 5.32 Å². The summed E-state index contributed by atoms with van der Waals surface area (Å²) < 4.78 is 6.60. The Hall–Kier alpha value is -1.13. The number of hydrogen-bond acceptors (Lipinski definition) is 3. The van der Waals surface area contributed by atoms with Crippen molar-refractivity contribution in [2.24, 2.45) is 0 Å². The molecule has 1 aliphatic carbocycles. The van der Waals surface area contributed by atoms with Gasteiger partial charge in [0.1, 0.15) is 11.7 Å². The molecule has 1 aliphatic heterocycles. The molecular formula is C18H25ClN2O2. The second kappa shape index (κ2) is 5.75. The SMILES string of the molecule is CC(=O)NC(C)(C)[C@H]1OC2(CCCCC2)c2nc(C)c(Cl)cc21. The second-order valence-corrected chi connectivity index (χ2v) is 7.86. The Morgan fingerprint density at radius 1 is 1.39 bits per heavy atom. The largest absolute Gasteiger partial charge is 0.358 e. The predicted octanol–water partition coefficient (Wildman–Crippen LogP) is 4.19. The fraction of sp³-hybridized carbons (Fsp3) is 0.667. The maximum Gasteiger partial charge on any atom is 0.217 e. The number of pyridine rings is 1. The monoisotopic (exact) mass is 336 g/mol. The van der Waals surface area contributed by atoms with Crippen molar-refractivity contribution < 1.29 is 9.53 Å². The molecule has 2 heterocycles. The Morgan fingerprint density at radius 2 is 2.04 bits per heavy atom. The summed E-state index contributed by atoms with van der Waals surface area (Å²) in [4.78, 5) is 16.4. The van der Waals surface area contributed by atoms with Crippen LogP contribution >= 0.6 is 11.6 Å². The molecule has 5 heteroatoms. The Bertz CT molecular complexity index is 636. The number of aromatic nitrogens is 1. The standard InChI is InChI=1S/C18H25ClN2O2/c1-11-14(19)10-13-15(20-11)18(8-6-5-7-9-18)23-16(13)17(3,4)21-12(2)22/h10,16H,5-9H2,1-4H3,(H,21,22)/t16-/m0/s1. The van der Waals surface area contributed by atoms with Gasteiger partial charge in [-0.3, -0.25) is 9.78 Å². The maximum absolute atomic E-state index is 11.6. The summed E-state index contributed by atoms with van der Waals surface area (Å²) in [5.74, 6) is -0.0593. The number of halogens is 1. The van der Waals surface area contributed by atoms with E-state index in [2.05, 4.69) is 5.32 Å². The van der Waals surface area contributed by atoms with Gasteiger partial charge in [-0.1, -0.05) is 30.9 Å². The summed E-state index contributed by atoms with van der Waals surface area (Å²) in [7, 11) is 0. The van der Waals surface area contributed by atoms with Crippen LogP contribution in [0.25, 0.3) is 0 Å². The van der Waals surface area contributed by atoms with Gasteiger partial charge in [-0.15, -0.1) is 0 Å². The molecule has 0 bridgehead atoms. The highest BCUT2D eigenvalue weighted by Gasteiger charge is 2.51. The molecule has 1 saturated carbocycles. The molecule has 0 unspecified atom stereocenters. The Balaban J connectivity index is 2.08. The normalized spacial score (nSPS) is 22.9. The summed E-state index contributed by atoms with van der Waals surface area (Å²) in [5, 5.41) is 3.68. The van der Waals surface area contributed by atoms with E-state index in [1.54, 1.807) is 0 Å². The molecule has 1 aromatic heterocycles. The minimum atomic E-state index is -0.512. The highest BCUT2D eigenvalue weighted by Crippen LogP contribution is 2.53. The number of carbonyl (C=O) groups is 1. The fourth-order valence-corrected chi connectivity index (χ4v) is 4.20. The molecule has 1 aromatic rings. The highest BCUT2D eigenvalue weighted by molar-refractivity contribution is 6.31. The Kier molecular flexibility index (Phi) is 4.18. The zero-order valence-corrected chi connectivity index (χ0v) is 15.1. The van der Waals surface area contributed by atoms with E-state index in [4.69, 9.17) is 21.3 Å². The van der Waals surface area contributed by atoms with Crippen LogP contribution in [-0.4, -0.2) is 16.4 Å². The average Bonchev–Trinajstić information content (AvgIpc) is 2.74. The summed E-state index contributed by atoms with van der Waals surface area (Å²) in [6.45, 7) is 7.47. The lowest BCUT2D eigenvalue weighted by molar-refractivity contribution is -0.136. The minimum absolute atomic E-state index is 0.0593. The van der Waals surface area contributed by atoms with Gasteiger partial charge in [0.05, 0.1) is 21.9 Å². The van der Waals surface area contributed by atoms with Crippen LogP contribution in [0.5, 0.6) is 0 Å². The summed E-state index contributed by atoms with van der Waals surface area (Å²) in [5.41, 5.74) is 2.08. The third-order valence-corrected chi connectivity index (χ3v) is 5.44. The molecular weight excluding hydrogens is 312 g/mol. The number of fused-ring (bicyclic) bond motifs is 2. The predicted molar refractivity (Wildman–Crippen MR) is 90.5 cm³/mol. The zero-order valence-electron chi connectivity index (χ0n) is 14.3. The molecule has 1 amide bonds. The Labute approximate surface area is 143 Å². The van der Waals surface area contributed by atoms with E-state index < -0.39 is 5.54 Å². The molecule has 0 saturated heterocycles. The van der Waals surface area contributed by atoms with Gasteiger partial charge in [0, 0.05) is 12.5 Å². The number of rotatable bonds is 2. The first kappa shape index (κ1) is 16.7. The van der Waals surface area contributed by atoms with Gasteiger partial charge >= 0.3 is 0 Å². The van der Waals surface area contributed by atoms with Crippen molar-refractivity contribution in [2.45, 2.75) is 77.0 Å². The van der Waals surface area contributed by atoms with Crippen LogP contribution in [0, 0.1) is 6.92 Å². The van der Waals surface area contributed by atoms with Gasteiger partial charge in [0.2, 0.25) is 5.91 Å². The van der Waals surface area contributed by atoms with Gasteiger partial charge in [-0.25, -0.2) is 0 Å². The molecule has 126 valence electrons. The first-order valence-electron chi connectivity index (χ1n) is 8.39. The number of aryl methyl sites for hydroxylation is 1. The molecule has 0 radical (unpaired) electrons. The van der Waals surface area contributed by atoms with Crippen LogP contribution in [0.1, 0.15) is 75.9 Å². The van der Waals surface area contributed by atoms with E-state index >= 15 is 0 Å². The van der Waals surface area contributed by atoms with Crippen molar-refractivity contribution in [1.29, 1.82) is 0 Å². The van der Waals surface area contributed by atoms with E-state index in [0.29, 0.717) is 5.02 Å². The maximum atomic E-state index is 11.6. The molecule has 23 heavy (non-hydrogen) atoms. The van der Waals surface area contributed by atoms with Crippen LogP contribution in [0.2, 0.25) is 5.02 Å². The number of ether oxygens (including phenoxy) is 1. The lowest BCUT2D eigenvalue weighted by Gasteiger charge is -2.37. The second-order valence-electron chi connectivity index (χ2n) is 7.45. The number of nitrogens with one attached hydrogen (secondary N) is 1. The molecule has 1 N–H and O–H groups in total. The van der Waals surface area contributed by atoms with Gasteiger partial charge in [-0.2, -0.15) is 0 Å². The third-order valence-electron chi connectivity index (χ3n) is 5.05. The average molecular weight is 337 g/mol. The zero-order chi connectivity index (χ0) is 16.8. The van der Waals surface area contributed by atoms with E-state index in [9.17, 15) is 4.79 Å². The number of amides is 1. The molecule has 0 aromatic carbocycles. The highest BCUT2D eigenvalue weighted by atomic mass is 35.5. The van der Waals surface area contributed by atoms with E-state index in [1.165, 1.54) is 13.3 Å². The lowest BCUT2D eigenvalue weighted by atomic mass is 9.81. The number of nitrogens with zero attached hydrogens (tertiary/aromatic N) is 1. The molecule has 3 rings (SSSR count). The summed E-state index contributed by atoms with van der Waals surface area (Å²) >= 11 is 6.34. The molecule has 1 spiro atoms. The van der Waals surface area contributed by atoms with Crippen molar-refractivity contribution >= 4 is 17.5 Å². The van der Waals surface area contributed by atoms with Crippen molar-refractivity contribution in [2.75, 3.05) is 0 Å². The minimum Gasteiger partial charge on any atom is -0.358 e. The van der Waals surface area contributed by atoms with Gasteiger partial charge in [-0.05, 0) is 39.7 Å². The molecule has 2 aliphatic rings. The molecule has 1 fully saturated rings. The quantitative estimate of drug-likeness (QED) is 0.881. The number of hydrogen-bond donors (Lipinski definition) is 1. The smallest absolute Gasteiger partial charge is 0.217 e. The van der Waals surface area contributed by atoms with Crippen molar-refractivity contribution in [3.05, 3.63) is 28.0 Å². The van der Waals surface area contributed by atoms with Crippen molar-refractivity contribution in [1.82, 2.24) is 10.3 Å². The van der Waals surface area contributed by atoms with Gasteiger partial charge in [0.25, 0.3) is 0 Å². The molecule has 4 nitrogen and oxygen atoms in total. The van der Waals surface area contributed by atoms with Gasteiger partial charge < -0.3 is 10.1 Å². The Morgan fingerprint density at radius 3 is 2.65 bits per heavy atom. The van der Waals surface area contributed by atoms with Gasteiger partial charge in [0.15, 0.2) is 0 Å². The first-order valence-corrected chi connectivity index (χ1v) is 8.77. The van der Waals surface area contributed by atoms with Crippen molar-refractivity contribution in [3.8, 4) is 0 Å². The first-order chi connectivity index (χ1) is 10.8. The number of carbonyl (C=O) groups excluding carboxylic acids is 1. The fourth-order valence-electron chi connectivity index (χ4n) is 4.04. The van der Waals surface area contributed by atoms with E-state index in [1.807, 2.05) is 26.8 Å². The summed E-state index contributed by atoms with van der Waals surface area (Å²) in [6, 6.07) is 1.98. The summed E-state index contributed by atoms with van der Waals surface area (Å²) in [6.07, 6.45) is 5.28. The van der Waals surface area contributed by atoms with Crippen LogP contribution in [-0.2, 0) is 15.1 Å². The third kappa shape index (κ3) is 2.87. The van der Waals surface area contributed by atoms with E-state index in [0.717, 1.165) is 42.6 Å². The van der Waals surface area contributed by atoms with Crippen LogP contribution in [0.4, 0.5) is 0 Å². The van der Waals surface area contributed by atoms with Crippen molar-refractivity contribution in [3.63, 3.8) is 0 Å². The van der Waals surface area contributed by atoms with E-state index in [-0.39, 0.29) is 17.6 Å². The lowest BCUT2D eigenvalue weighted by Crippen LogP contribution is -2.48.